The Hall–Kier alpha value is -4.08. The third kappa shape index (κ3) is 6.81. The largest absolute Gasteiger partial charge is 0.510 e. The Morgan fingerprint density at radius 2 is 1.66 bits per heavy atom. The minimum Gasteiger partial charge on any atom is -0.453 e. The van der Waals surface area contributed by atoms with Gasteiger partial charge in [0, 0.05) is 18.2 Å². The zero-order chi connectivity index (χ0) is 27.8. The Balaban J connectivity index is 1.76. The maximum absolute atomic E-state index is 12.8. The highest BCUT2D eigenvalue weighted by Gasteiger charge is 2.32. The smallest absolute Gasteiger partial charge is 0.453 e. The van der Waals surface area contributed by atoms with Crippen LogP contribution in [0.25, 0.3) is 11.0 Å². The molecule has 204 valence electrons. The van der Waals surface area contributed by atoms with Gasteiger partial charge < -0.3 is 39.4 Å². The van der Waals surface area contributed by atoms with Gasteiger partial charge in [-0.25, -0.2) is 14.6 Å². The van der Waals surface area contributed by atoms with Gasteiger partial charge in [0.1, 0.15) is 24.9 Å². The first-order valence-corrected chi connectivity index (χ1v) is 11.2. The molecule has 0 fully saturated rings. The number of nitrogens with one attached hydrogen (secondary N) is 1. The number of imidazole rings is 1. The molecule has 3 unspecified atom stereocenters. The summed E-state index contributed by atoms with van der Waals surface area (Å²) in [5.41, 5.74) is 1.54. The first-order chi connectivity index (χ1) is 18.2. The van der Waals surface area contributed by atoms with Crippen molar-refractivity contribution in [1.29, 1.82) is 0 Å². The number of nitrogens with zero attached hydrogens (tertiary/aromatic N) is 2. The maximum Gasteiger partial charge on any atom is 0.510 e. The molecule has 0 bridgehead atoms. The molecule has 1 amide bonds. The number of carbonyl (C=O) groups is 3. The molecule has 0 spiro atoms. The van der Waals surface area contributed by atoms with Crippen LogP contribution in [-0.2, 0) is 25.7 Å². The number of ether oxygens (including phenoxy) is 4. The number of aliphatic hydroxyl groups excluding tert-OH is 3. The lowest BCUT2D eigenvalue weighted by Crippen LogP contribution is -2.47. The molecule has 0 aliphatic rings. The van der Waals surface area contributed by atoms with Crippen LogP contribution in [0.4, 0.5) is 15.5 Å². The van der Waals surface area contributed by atoms with E-state index in [2.05, 4.69) is 15.0 Å². The van der Waals surface area contributed by atoms with Crippen molar-refractivity contribution in [3.05, 3.63) is 59.7 Å². The highest BCUT2D eigenvalue weighted by Crippen LogP contribution is 2.23. The van der Waals surface area contributed by atoms with Gasteiger partial charge >= 0.3 is 12.2 Å². The molecule has 14 nitrogen and oxygen atoms in total. The Bertz CT molecular complexity index is 1260. The summed E-state index contributed by atoms with van der Waals surface area (Å²) >= 11 is 0. The Morgan fingerprint density at radius 1 is 0.947 bits per heavy atom. The standard InChI is InChI=1S/C24H27N3O11/c1-35-17(19(29)20(30)21(31)32)11-37-24(34)38-12-27-16-9-8-14(18(28)13-6-4-3-5-7-13)10-15(16)25-22(27)26-23(33)36-2/h3-10,17,19-21,29-32H,11-12H2,1-2H3,(H,25,26,33). The van der Waals surface area contributed by atoms with E-state index < -0.39 is 50.2 Å². The number of ketones is 1. The number of amides is 1. The van der Waals surface area contributed by atoms with Crippen LogP contribution in [0.3, 0.4) is 0 Å². The van der Waals surface area contributed by atoms with Gasteiger partial charge in [-0.15, -0.1) is 0 Å². The summed E-state index contributed by atoms with van der Waals surface area (Å²) in [7, 11) is 2.30. The van der Waals surface area contributed by atoms with Crippen LogP contribution in [-0.4, -0.2) is 93.4 Å². The summed E-state index contributed by atoms with van der Waals surface area (Å²) in [6.45, 7) is -1.08. The van der Waals surface area contributed by atoms with Crippen molar-refractivity contribution in [2.24, 2.45) is 0 Å². The molecule has 3 atom stereocenters. The number of rotatable bonds is 11. The van der Waals surface area contributed by atoms with Gasteiger partial charge in [-0.2, -0.15) is 0 Å². The van der Waals surface area contributed by atoms with E-state index in [1.54, 1.807) is 42.5 Å². The van der Waals surface area contributed by atoms with Gasteiger partial charge in [-0.1, -0.05) is 30.3 Å². The van der Waals surface area contributed by atoms with Crippen LogP contribution in [0.1, 0.15) is 15.9 Å². The second-order valence-electron chi connectivity index (χ2n) is 7.88. The van der Waals surface area contributed by atoms with Crippen LogP contribution >= 0.6 is 0 Å². The highest BCUT2D eigenvalue weighted by molar-refractivity contribution is 6.10. The Kier molecular flexibility index (Phi) is 9.70. The van der Waals surface area contributed by atoms with E-state index in [1.165, 1.54) is 10.6 Å². The van der Waals surface area contributed by atoms with Gasteiger partial charge in [0.15, 0.2) is 18.8 Å². The lowest BCUT2D eigenvalue weighted by atomic mass is 10.0. The molecule has 0 aliphatic carbocycles. The molecule has 0 saturated heterocycles. The monoisotopic (exact) mass is 533 g/mol. The first kappa shape index (κ1) is 28.5. The molecule has 2 aromatic carbocycles. The van der Waals surface area contributed by atoms with E-state index in [1.807, 2.05) is 0 Å². The quantitative estimate of drug-likeness (QED) is 0.131. The van der Waals surface area contributed by atoms with Crippen LogP contribution < -0.4 is 5.32 Å². The number of hydrogen-bond donors (Lipinski definition) is 5. The SMILES string of the molecule is COC(=O)Nc1nc2cc(C(=O)c3ccccc3)ccc2n1COC(=O)OCC(OC)C(O)C(O)C(O)O. The highest BCUT2D eigenvalue weighted by atomic mass is 16.7. The average Bonchev–Trinajstić information content (AvgIpc) is 3.27. The predicted molar refractivity (Wildman–Crippen MR) is 129 cm³/mol. The van der Waals surface area contributed by atoms with Gasteiger partial charge in [0.05, 0.1) is 18.1 Å². The summed E-state index contributed by atoms with van der Waals surface area (Å²) < 4.78 is 20.8. The van der Waals surface area contributed by atoms with Crippen molar-refractivity contribution in [3.8, 4) is 0 Å². The molecule has 3 aromatic rings. The molecule has 3 rings (SSSR count). The fourth-order valence-corrected chi connectivity index (χ4v) is 3.41. The number of aromatic nitrogens is 2. The van der Waals surface area contributed by atoms with Crippen molar-refractivity contribution in [2.45, 2.75) is 31.3 Å². The van der Waals surface area contributed by atoms with Crippen LogP contribution in [0, 0.1) is 0 Å². The fourth-order valence-electron chi connectivity index (χ4n) is 3.41. The molecule has 0 saturated carbocycles. The van der Waals surface area contributed by atoms with Gasteiger partial charge in [0.25, 0.3) is 0 Å². The van der Waals surface area contributed by atoms with Crippen LogP contribution in [0.2, 0.25) is 0 Å². The summed E-state index contributed by atoms with van der Waals surface area (Å²) in [5, 5.41) is 39.9. The zero-order valence-corrected chi connectivity index (χ0v) is 20.4. The normalized spacial score (nSPS) is 13.6. The molecule has 0 aliphatic heterocycles. The average molecular weight is 533 g/mol. The summed E-state index contributed by atoms with van der Waals surface area (Å²) in [6, 6.07) is 13.3. The fraction of sp³-hybridized carbons (Fsp3) is 0.333. The third-order valence-electron chi connectivity index (χ3n) is 5.46. The molecule has 5 N–H and O–H groups in total. The van der Waals surface area contributed by atoms with Gasteiger partial charge in [0.2, 0.25) is 5.95 Å². The number of benzene rings is 2. The number of anilines is 1. The molecule has 14 heteroatoms. The van der Waals surface area contributed by atoms with Crippen LogP contribution in [0.15, 0.2) is 48.5 Å². The summed E-state index contributed by atoms with van der Waals surface area (Å²) in [5.74, 6) is -0.285. The number of methoxy groups -OCH3 is 2. The Labute approximate surface area is 215 Å². The topological polar surface area (TPSA) is 199 Å². The van der Waals surface area contributed by atoms with Crippen molar-refractivity contribution in [3.63, 3.8) is 0 Å². The molecular weight excluding hydrogens is 506 g/mol. The molecule has 38 heavy (non-hydrogen) atoms. The van der Waals surface area contributed by atoms with E-state index in [0.717, 1.165) is 14.2 Å². The van der Waals surface area contributed by atoms with Crippen molar-refractivity contribution in [2.75, 3.05) is 26.1 Å². The minimum atomic E-state index is -2.24. The second-order valence-corrected chi connectivity index (χ2v) is 7.88. The minimum absolute atomic E-state index is 0.0470. The van der Waals surface area contributed by atoms with E-state index in [-0.39, 0.29) is 11.7 Å². The van der Waals surface area contributed by atoms with E-state index >= 15 is 0 Å². The number of fused-ring (bicyclic) bond motifs is 1. The number of carbonyl (C=O) groups excluding carboxylic acids is 3. The molecule has 0 radical (unpaired) electrons. The third-order valence-corrected chi connectivity index (χ3v) is 5.46. The van der Waals surface area contributed by atoms with Crippen molar-refractivity contribution >= 4 is 35.0 Å². The first-order valence-electron chi connectivity index (χ1n) is 11.2. The lowest BCUT2D eigenvalue weighted by Gasteiger charge is -2.26. The molecular formula is C24H27N3O11. The zero-order valence-electron chi connectivity index (χ0n) is 20.4. The van der Waals surface area contributed by atoms with Gasteiger partial charge in [-0.05, 0) is 18.2 Å². The predicted octanol–water partition coefficient (Wildman–Crippen LogP) is 0.604. The summed E-state index contributed by atoms with van der Waals surface area (Å²) in [4.78, 5) is 41.1. The second kappa shape index (κ2) is 12.9. The van der Waals surface area contributed by atoms with Gasteiger partial charge in [-0.3, -0.25) is 14.7 Å². The molecule has 1 heterocycles. The summed E-state index contributed by atoms with van der Waals surface area (Å²) in [6.07, 6.45) is -9.35. The van der Waals surface area contributed by atoms with Crippen LogP contribution in [0.5, 0.6) is 0 Å². The lowest BCUT2D eigenvalue weighted by molar-refractivity contribution is -0.185. The van der Waals surface area contributed by atoms with E-state index in [0.29, 0.717) is 22.2 Å². The number of hydrogen-bond acceptors (Lipinski definition) is 12. The van der Waals surface area contributed by atoms with E-state index in [4.69, 9.17) is 24.4 Å². The van der Waals surface area contributed by atoms with E-state index in [9.17, 15) is 24.6 Å². The Morgan fingerprint density at radius 3 is 2.29 bits per heavy atom. The number of aliphatic hydroxyl groups is 4. The van der Waals surface area contributed by atoms with Crippen molar-refractivity contribution < 1.29 is 53.8 Å². The molecule has 1 aromatic heterocycles. The maximum atomic E-state index is 12.8. The van der Waals surface area contributed by atoms with Crippen molar-refractivity contribution in [1.82, 2.24) is 9.55 Å².